The molecule has 0 fully saturated rings. The molecule has 2 unspecified atom stereocenters. The van der Waals surface area contributed by atoms with Gasteiger partial charge in [-0.25, -0.2) is 13.6 Å². The maximum absolute atomic E-state index is 13.7. The number of halogens is 2. The normalized spacial score (nSPS) is 14.2. The van der Waals surface area contributed by atoms with E-state index in [-0.39, 0.29) is 24.2 Å². The molecule has 130 valence electrons. The molecular formula is C15H22F2N2O4. The molecule has 0 saturated carbocycles. The van der Waals surface area contributed by atoms with E-state index in [2.05, 4.69) is 5.32 Å². The molecule has 8 heteroatoms. The molecule has 1 aromatic carbocycles. The molecule has 5 N–H and O–H groups in total. The smallest absolute Gasteiger partial charge is 0.407 e. The van der Waals surface area contributed by atoms with Crippen molar-refractivity contribution in [2.24, 2.45) is 0 Å². The monoisotopic (exact) mass is 332 g/mol. The number of rotatable bonds is 5. The van der Waals surface area contributed by atoms with Crippen LogP contribution in [-0.2, 0) is 4.74 Å². The van der Waals surface area contributed by atoms with Gasteiger partial charge >= 0.3 is 6.09 Å². The number of nitrogens with two attached hydrogens (primary N) is 1. The number of nitrogen functional groups attached to an aromatic ring is 1. The van der Waals surface area contributed by atoms with Gasteiger partial charge in [-0.15, -0.1) is 0 Å². The van der Waals surface area contributed by atoms with E-state index < -0.39 is 35.5 Å². The number of carbonyl (C=O) groups is 1. The summed E-state index contributed by atoms with van der Waals surface area (Å²) in [5.41, 5.74) is 4.13. The van der Waals surface area contributed by atoms with Crippen LogP contribution in [0, 0.1) is 11.6 Å². The molecule has 0 saturated heterocycles. The lowest BCUT2D eigenvalue weighted by Crippen LogP contribution is -2.34. The van der Waals surface area contributed by atoms with Crippen LogP contribution < -0.4 is 11.1 Å². The number of hydrogen-bond acceptors (Lipinski definition) is 5. The largest absolute Gasteiger partial charge is 0.444 e. The van der Waals surface area contributed by atoms with Crippen LogP contribution in [0.4, 0.5) is 19.3 Å². The molecule has 0 aromatic heterocycles. The zero-order chi connectivity index (χ0) is 17.8. The lowest BCUT2D eigenvalue weighted by atomic mass is 9.99. The summed E-state index contributed by atoms with van der Waals surface area (Å²) >= 11 is 0. The maximum atomic E-state index is 13.7. The predicted molar refractivity (Wildman–Crippen MR) is 80.6 cm³/mol. The van der Waals surface area contributed by atoms with E-state index in [0.717, 1.165) is 6.07 Å². The summed E-state index contributed by atoms with van der Waals surface area (Å²) in [6.45, 7) is 5.09. The molecule has 0 spiro atoms. The summed E-state index contributed by atoms with van der Waals surface area (Å²) in [5.74, 6) is -1.92. The summed E-state index contributed by atoms with van der Waals surface area (Å²) in [6, 6.07) is 1.42. The second-order valence-corrected chi connectivity index (χ2v) is 6.12. The van der Waals surface area contributed by atoms with Crippen molar-refractivity contribution < 1.29 is 28.5 Å². The van der Waals surface area contributed by atoms with Crippen molar-refractivity contribution in [3.63, 3.8) is 0 Å². The fourth-order valence-electron chi connectivity index (χ4n) is 1.90. The topological polar surface area (TPSA) is 105 Å². The molecular weight excluding hydrogens is 310 g/mol. The van der Waals surface area contributed by atoms with Gasteiger partial charge in [0.25, 0.3) is 0 Å². The van der Waals surface area contributed by atoms with Gasteiger partial charge in [0.05, 0.1) is 6.10 Å². The maximum Gasteiger partial charge on any atom is 0.407 e. The van der Waals surface area contributed by atoms with Gasteiger partial charge < -0.3 is 26.0 Å². The minimum Gasteiger partial charge on any atom is -0.444 e. The third-order valence-electron chi connectivity index (χ3n) is 2.89. The summed E-state index contributed by atoms with van der Waals surface area (Å²) in [4.78, 5) is 11.4. The van der Waals surface area contributed by atoms with Crippen LogP contribution in [0.1, 0.15) is 38.9 Å². The number of ether oxygens (including phenoxy) is 1. The van der Waals surface area contributed by atoms with Gasteiger partial charge in [0.1, 0.15) is 23.3 Å². The van der Waals surface area contributed by atoms with Crippen molar-refractivity contribution in [3.8, 4) is 0 Å². The van der Waals surface area contributed by atoms with Crippen molar-refractivity contribution in [3.05, 3.63) is 29.3 Å². The number of nitrogens with one attached hydrogen (secondary N) is 1. The van der Waals surface area contributed by atoms with Gasteiger partial charge in [0.2, 0.25) is 0 Å². The van der Waals surface area contributed by atoms with Gasteiger partial charge in [-0.2, -0.15) is 0 Å². The fourth-order valence-corrected chi connectivity index (χ4v) is 1.90. The molecule has 0 aliphatic heterocycles. The summed E-state index contributed by atoms with van der Waals surface area (Å²) in [5, 5.41) is 22.2. The van der Waals surface area contributed by atoms with Crippen molar-refractivity contribution in [1.82, 2.24) is 5.32 Å². The zero-order valence-corrected chi connectivity index (χ0v) is 13.3. The van der Waals surface area contributed by atoms with E-state index in [1.165, 1.54) is 0 Å². The Hall–Kier alpha value is -1.93. The molecule has 0 aliphatic rings. The molecule has 1 aromatic rings. The molecule has 1 rings (SSSR count). The fraction of sp³-hybridized carbons (Fsp3) is 0.533. The molecule has 0 bridgehead atoms. The first-order valence-electron chi connectivity index (χ1n) is 7.08. The molecule has 1 amide bonds. The first-order chi connectivity index (χ1) is 10.5. The van der Waals surface area contributed by atoms with Crippen molar-refractivity contribution in [2.75, 3.05) is 12.3 Å². The first kappa shape index (κ1) is 19.1. The van der Waals surface area contributed by atoms with Gasteiger partial charge in [0, 0.05) is 23.9 Å². The number of hydrogen-bond donors (Lipinski definition) is 4. The average Bonchev–Trinajstić information content (AvgIpc) is 2.34. The highest BCUT2D eigenvalue weighted by Crippen LogP contribution is 2.28. The molecule has 23 heavy (non-hydrogen) atoms. The number of anilines is 1. The molecule has 2 atom stereocenters. The number of benzene rings is 1. The number of alkyl carbamates (subject to hydrolysis) is 1. The Labute approximate surface area is 133 Å². The molecule has 0 aliphatic carbocycles. The van der Waals surface area contributed by atoms with Crippen LogP contribution in [0.25, 0.3) is 0 Å². The number of carbonyl (C=O) groups excluding carboxylic acids is 1. The Kier molecular flexibility index (Phi) is 6.28. The zero-order valence-electron chi connectivity index (χ0n) is 13.3. The standard InChI is InChI=1S/C15H22F2N2O4/c1-15(2,3)23-14(22)19-5-4-11(20)13(21)12-9(17)6-8(16)7-10(12)18/h6-7,11,13,20-21H,4-5,18H2,1-3H3,(H,19,22). The Morgan fingerprint density at radius 2 is 1.96 bits per heavy atom. The van der Waals surface area contributed by atoms with E-state index in [4.69, 9.17) is 10.5 Å². The van der Waals surface area contributed by atoms with Gasteiger partial charge in [-0.1, -0.05) is 0 Å². The molecule has 6 nitrogen and oxygen atoms in total. The second-order valence-electron chi connectivity index (χ2n) is 6.12. The van der Waals surface area contributed by atoms with E-state index in [0.29, 0.717) is 6.07 Å². The minimum absolute atomic E-state index is 0.00411. The van der Waals surface area contributed by atoms with Crippen LogP contribution in [-0.4, -0.2) is 34.6 Å². The predicted octanol–water partition coefficient (Wildman–Crippen LogP) is 1.86. The highest BCUT2D eigenvalue weighted by Gasteiger charge is 2.25. The van der Waals surface area contributed by atoms with Crippen LogP contribution in [0.5, 0.6) is 0 Å². The average molecular weight is 332 g/mol. The van der Waals surface area contributed by atoms with Crippen molar-refractivity contribution in [1.29, 1.82) is 0 Å². The molecule has 0 radical (unpaired) electrons. The van der Waals surface area contributed by atoms with Gasteiger partial charge in [-0.05, 0) is 33.3 Å². The van der Waals surface area contributed by atoms with Crippen LogP contribution in [0.2, 0.25) is 0 Å². The van der Waals surface area contributed by atoms with E-state index in [1.807, 2.05) is 0 Å². The quantitative estimate of drug-likeness (QED) is 0.616. The number of amides is 1. The Morgan fingerprint density at radius 3 is 2.48 bits per heavy atom. The van der Waals surface area contributed by atoms with E-state index in [9.17, 15) is 23.8 Å². The van der Waals surface area contributed by atoms with Crippen LogP contribution in [0.15, 0.2) is 12.1 Å². The van der Waals surface area contributed by atoms with Crippen LogP contribution in [0.3, 0.4) is 0 Å². The third-order valence-corrected chi connectivity index (χ3v) is 2.89. The Bertz CT molecular complexity index is 538. The van der Waals surface area contributed by atoms with Crippen molar-refractivity contribution in [2.45, 2.75) is 45.0 Å². The van der Waals surface area contributed by atoms with Gasteiger partial charge in [-0.3, -0.25) is 0 Å². The van der Waals surface area contributed by atoms with Gasteiger partial charge in [0.15, 0.2) is 0 Å². The van der Waals surface area contributed by atoms with E-state index >= 15 is 0 Å². The van der Waals surface area contributed by atoms with Crippen LogP contribution >= 0.6 is 0 Å². The van der Waals surface area contributed by atoms with E-state index in [1.54, 1.807) is 20.8 Å². The second kappa shape index (κ2) is 7.56. The Morgan fingerprint density at radius 1 is 1.35 bits per heavy atom. The lowest BCUT2D eigenvalue weighted by molar-refractivity contribution is 0.0107. The third kappa shape index (κ3) is 5.99. The lowest BCUT2D eigenvalue weighted by Gasteiger charge is -2.22. The summed E-state index contributed by atoms with van der Waals surface area (Å²) in [6.07, 6.45) is -3.79. The number of aliphatic hydroxyl groups excluding tert-OH is 2. The highest BCUT2D eigenvalue weighted by molar-refractivity contribution is 5.67. The summed E-state index contributed by atoms with van der Waals surface area (Å²) in [7, 11) is 0. The minimum atomic E-state index is -1.64. The Balaban J connectivity index is 2.59. The number of aliphatic hydroxyl groups is 2. The van der Waals surface area contributed by atoms with Crippen molar-refractivity contribution >= 4 is 11.8 Å². The molecule has 0 heterocycles. The first-order valence-corrected chi connectivity index (χ1v) is 7.08. The summed E-state index contributed by atoms with van der Waals surface area (Å²) < 4.78 is 31.7. The SMILES string of the molecule is CC(C)(C)OC(=O)NCCC(O)C(O)c1c(N)cc(F)cc1F. The highest BCUT2D eigenvalue weighted by atomic mass is 19.1.